The van der Waals surface area contributed by atoms with Crippen LogP contribution in [0.1, 0.15) is 78.6 Å². The number of hydrazine groups is 1. The lowest BCUT2D eigenvalue weighted by atomic mass is 9.82. The molecule has 9 heteroatoms. The van der Waals surface area contributed by atoms with Crippen molar-refractivity contribution in [2.24, 2.45) is 16.8 Å². The highest BCUT2D eigenvalue weighted by Gasteiger charge is 2.35. The number of nitrogens with zero attached hydrogens (tertiary/aromatic N) is 2. The molecular weight excluding hydrogens is 421 g/mol. The second-order valence-electron chi connectivity index (χ2n) is 11.4. The van der Waals surface area contributed by atoms with Gasteiger partial charge < -0.3 is 10.6 Å². The Balaban J connectivity index is 1.35. The molecule has 1 amide bonds. The molecule has 0 aromatic carbocycles. The standard InChI is InChI=1S/C24H44FN7O/c1-24(2,3)29-23(27-20-15-19(30-31-20)16-6-8-18(25)9-7-16)28-22(33)17-10-11-26-21(14-17)32-12-4-5-13-32/h16-21,26,30-31H,4-15H2,1-3H3,(H2,27,28,29,33). The maximum absolute atomic E-state index is 13.5. The van der Waals surface area contributed by atoms with Crippen LogP contribution in [-0.2, 0) is 4.79 Å². The Bertz CT molecular complexity index is 683. The van der Waals surface area contributed by atoms with E-state index in [0.717, 1.165) is 51.7 Å². The predicted octanol–water partition coefficient (Wildman–Crippen LogP) is 1.99. The lowest BCUT2D eigenvalue weighted by Gasteiger charge is -2.35. The molecule has 0 aromatic heterocycles. The number of carbonyl (C=O) groups is 1. The zero-order chi connectivity index (χ0) is 23.4. The summed E-state index contributed by atoms with van der Waals surface area (Å²) in [7, 11) is 0. The van der Waals surface area contributed by atoms with Crippen molar-refractivity contribution in [3.8, 4) is 0 Å². The highest BCUT2D eigenvalue weighted by atomic mass is 19.1. The average Bonchev–Trinajstić information content (AvgIpc) is 3.46. The first-order valence-corrected chi connectivity index (χ1v) is 13.1. The normalized spacial score (nSPS) is 36.7. The second kappa shape index (κ2) is 11.0. The molecule has 3 aliphatic heterocycles. The zero-order valence-corrected chi connectivity index (χ0v) is 20.6. The molecule has 1 aliphatic carbocycles. The third kappa shape index (κ3) is 7.10. The fraction of sp³-hybridized carbons (Fsp3) is 0.917. The summed E-state index contributed by atoms with van der Waals surface area (Å²) in [4.78, 5) is 20.6. The molecule has 0 spiro atoms. The van der Waals surface area contributed by atoms with Crippen molar-refractivity contribution in [3.63, 3.8) is 0 Å². The minimum atomic E-state index is -0.637. The summed E-state index contributed by atoms with van der Waals surface area (Å²) in [6, 6.07) is 0.295. The molecule has 3 saturated heterocycles. The van der Waals surface area contributed by atoms with Crippen molar-refractivity contribution >= 4 is 11.9 Å². The van der Waals surface area contributed by atoms with E-state index in [4.69, 9.17) is 4.99 Å². The Labute approximate surface area is 198 Å². The quantitative estimate of drug-likeness (QED) is 0.322. The van der Waals surface area contributed by atoms with Crippen LogP contribution in [0.5, 0.6) is 0 Å². The molecule has 0 aromatic rings. The predicted molar refractivity (Wildman–Crippen MR) is 129 cm³/mol. The topological polar surface area (TPSA) is 92.8 Å². The number of hydrogen-bond donors (Lipinski definition) is 5. The van der Waals surface area contributed by atoms with Crippen molar-refractivity contribution in [1.82, 2.24) is 31.7 Å². The van der Waals surface area contributed by atoms with Crippen LogP contribution in [0.3, 0.4) is 0 Å². The number of guanidine groups is 1. The lowest BCUT2D eigenvalue weighted by molar-refractivity contribution is -0.125. The number of halogens is 1. The van der Waals surface area contributed by atoms with Gasteiger partial charge in [0.15, 0.2) is 5.96 Å². The fourth-order valence-electron chi connectivity index (χ4n) is 5.73. The van der Waals surface area contributed by atoms with Gasteiger partial charge in [-0.15, -0.1) is 0 Å². The average molecular weight is 466 g/mol. The van der Waals surface area contributed by atoms with Crippen molar-refractivity contribution in [1.29, 1.82) is 0 Å². The number of amides is 1. The molecule has 5 N–H and O–H groups in total. The molecule has 33 heavy (non-hydrogen) atoms. The zero-order valence-electron chi connectivity index (χ0n) is 20.6. The van der Waals surface area contributed by atoms with Crippen LogP contribution in [-0.4, -0.2) is 66.5 Å². The van der Waals surface area contributed by atoms with Crippen molar-refractivity contribution in [2.75, 3.05) is 19.6 Å². The van der Waals surface area contributed by atoms with Crippen molar-refractivity contribution in [3.05, 3.63) is 0 Å². The van der Waals surface area contributed by atoms with E-state index in [1.807, 2.05) is 0 Å². The molecule has 4 fully saturated rings. The van der Waals surface area contributed by atoms with Gasteiger partial charge in [0.25, 0.3) is 0 Å². The van der Waals surface area contributed by atoms with Gasteiger partial charge in [-0.3, -0.25) is 20.4 Å². The molecule has 4 aliphatic rings. The largest absolute Gasteiger partial charge is 0.351 e. The summed E-state index contributed by atoms with van der Waals surface area (Å²) in [6.07, 6.45) is 7.76. The van der Waals surface area contributed by atoms with Gasteiger partial charge in [-0.2, -0.15) is 0 Å². The van der Waals surface area contributed by atoms with Gasteiger partial charge in [-0.1, -0.05) is 0 Å². The summed E-state index contributed by atoms with van der Waals surface area (Å²) in [6.45, 7) is 9.33. The van der Waals surface area contributed by atoms with Gasteiger partial charge in [0.05, 0.1) is 6.17 Å². The van der Waals surface area contributed by atoms with Crippen LogP contribution in [0.2, 0.25) is 0 Å². The number of aliphatic imine (C=N–C) groups is 1. The van der Waals surface area contributed by atoms with Gasteiger partial charge in [-0.05, 0) is 97.7 Å². The molecule has 4 atom stereocenters. The summed E-state index contributed by atoms with van der Waals surface area (Å²) in [5.74, 6) is 1.06. The summed E-state index contributed by atoms with van der Waals surface area (Å²) < 4.78 is 13.5. The van der Waals surface area contributed by atoms with Crippen molar-refractivity contribution in [2.45, 2.75) is 109 Å². The number of carbonyl (C=O) groups excluding carboxylic acids is 1. The van der Waals surface area contributed by atoms with E-state index >= 15 is 0 Å². The van der Waals surface area contributed by atoms with Crippen LogP contribution in [0.15, 0.2) is 4.99 Å². The van der Waals surface area contributed by atoms with E-state index in [0.29, 0.717) is 36.9 Å². The van der Waals surface area contributed by atoms with E-state index in [1.54, 1.807) is 0 Å². The third-order valence-corrected chi connectivity index (χ3v) is 7.54. The first-order valence-electron chi connectivity index (χ1n) is 13.1. The van der Waals surface area contributed by atoms with Crippen molar-refractivity contribution < 1.29 is 9.18 Å². The van der Waals surface area contributed by atoms with E-state index in [-0.39, 0.29) is 23.5 Å². The van der Waals surface area contributed by atoms with E-state index < -0.39 is 6.17 Å². The molecule has 4 rings (SSSR count). The number of nitrogens with one attached hydrogen (secondary N) is 5. The molecule has 1 saturated carbocycles. The lowest BCUT2D eigenvalue weighted by Crippen LogP contribution is -2.55. The summed E-state index contributed by atoms with van der Waals surface area (Å²) >= 11 is 0. The Hall–Kier alpha value is -1.29. The Kier molecular flexibility index (Phi) is 8.25. The Morgan fingerprint density at radius 1 is 1.03 bits per heavy atom. The van der Waals surface area contributed by atoms with E-state index in [1.165, 1.54) is 12.8 Å². The van der Waals surface area contributed by atoms with Gasteiger partial charge in [0, 0.05) is 23.9 Å². The fourth-order valence-corrected chi connectivity index (χ4v) is 5.73. The maximum Gasteiger partial charge on any atom is 0.229 e. The van der Waals surface area contributed by atoms with Gasteiger partial charge in [0.2, 0.25) is 5.91 Å². The Morgan fingerprint density at radius 2 is 1.76 bits per heavy atom. The Morgan fingerprint density at radius 3 is 2.45 bits per heavy atom. The van der Waals surface area contributed by atoms with Crippen LogP contribution in [0.4, 0.5) is 4.39 Å². The van der Waals surface area contributed by atoms with E-state index in [9.17, 15) is 9.18 Å². The number of alkyl halides is 1. The summed E-state index contributed by atoms with van der Waals surface area (Å²) in [5, 5.41) is 10.1. The van der Waals surface area contributed by atoms with Gasteiger partial charge in [0.1, 0.15) is 12.3 Å². The number of piperidine rings is 1. The molecule has 3 heterocycles. The van der Waals surface area contributed by atoms with Gasteiger partial charge >= 0.3 is 0 Å². The van der Waals surface area contributed by atoms with Gasteiger partial charge in [-0.25, -0.2) is 14.8 Å². The van der Waals surface area contributed by atoms with Crippen LogP contribution in [0, 0.1) is 11.8 Å². The second-order valence-corrected chi connectivity index (χ2v) is 11.4. The number of hydrogen-bond acceptors (Lipinski definition) is 6. The monoisotopic (exact) mass is 465 g/mol. The minimum Gasteiger partial charge on any atom is -0.351 e. The SMILES string of the molecule is CC(C)(C)N/C(=N\C1CC(C2CCC(F)CC2)NN1)NC(=O)C1CCNC(N2CCCC2)C1. The first kappa shape index (κ1) is 24.8. The molecule has 188 valence electrons. The number of likely N-dealkylation sites (tertiary alicyclic amines) is 1. The molecule has 0 radical (unpaired) electrons. The molecular formula is C24H44FN7O. The minimum absolute atomic E-state index is 0.0119. The first-order chi connectivity index (χ1) is 15.8. The summed E-state index contributed by atoms with van der Waals surface area (Å²) in [5.41, 5.74) is 6.45. The van der Waals surface area contributed by atoms with Crippen LogP contribution in [0.25, 0.3) is 0 Å². The molecule has 0 bridgehead atoms. The highest BCUT2D eigenvalue weighted by Crippen LogP contribution is 2.31. The smallest absolute Gasteiger partial charge is 0.229 e. The third-order valence-electron chi connectivity index (χ3n) is 7.54. The number of rotatable bonds is 4. The van der Waals surface area contributed by atoms with Crippen LogP contribution < -0.4 is 26.8 Å². The maximum atomic E-state index is 13.5. The van der Waals surface area contributed by atoms with E-state index in [2.05, 4.69) is 52.5 Å². The molecule has 4 unspecified atom stereocenters. The molecule has 8 nitrogen and oxygen atoms in total. The highest BCUT2D eigenvalue weighted by molar-refractivity contribution is 5.98. The van der Waals surface area contributed by atoms with Crippen LogP contribution >= 0.6 is 0 Å².